The van der Waals surface area contributed by atoms with Crippen LogP contribution in [0.25, 0.3) is 0 Å². The van der Waals surface area contributed by atoms with Gasteiger partial charge in [-0.15, -0.1) is 0 Å². The van der Waals surface area contributed by atoms with E-state index in [0.717, 1.165) is 14.2 Å². The maximum absolute atomic E-state index is 11.4. The number of hydrogen-bond donors (Lipinski definition) is 2. The molecule has 2 N–H and O–H groups in total. The summed E-state index contributed by atoms with van der Waals surface area (Å²) in [5.41, 5.74) is -2.28. The second-order valence-electron chi connectivity index (χ2n) is 3.72. The average molecular weight is 245 g/mol. The van der Waals surface area contributed by atoms with Gasteiger partial charge in [-0.2, -0.15) is 0 Å². The van der Waals surface area contributed by atoms with E-state index >= 15 is 0 Å². The minimum Gasteiger partial charge on any atom is -0.466 e. The number of esters is 2. The molecule has 0 unspecified atom stereocenters. The minimum atomic E-state index is -2.28. The van der Waals surface area contributed by atoms with E-state index in [4.69, 9.17) is 5.41 Å². The second kappa shape index (κ2) is 7.01. The highest BCUT2D eigenvalue weighted by Crippen LogP contribution is 2.21. The number of ether oxygens (including phenoxy) is 2. The lowest BCUT2D eigenvalue weighted by Crippen LogP contribution is -2.48. The van der Waals surface area contributed by atoms with Gasteiger partial charge in [0.1, 0.15) is 0 Å². The molecule has 0 aliphatic rings. The van der Waals surface area contributed by atoms with Crippen molar-refractivity contribution in [3.05, 3.63) is 0 Å². The third-order valence-corrected chi connectivity index (χ3v) is 2.68. The predicted octanol–water partition coefficient (Wildman–Crippen LogP) is 0.519. The number of carbonyl (C=O) groups is 2. The molecule has 0 aromatic heterocycles. The Morgan fingerprint density at radius 3 is 2.12 bits per heavy atom. The van der Waals surface area contributed by atoms with Crippen LogP contribution in [0.15, 0.2) is 0 Å². The molecule has 0 amide bonds. The molecule has 0 fully saturated rings. The van der Waals surface area contributed by atoms with Crippen LogP contribution in [0.3, 0.4) is 0 Å². The molecule has 0 heterocycles. The summed E-state index contributed by atoms with van der Waals surface area (Å²) in [6.45, 7) is 1.88. The molecule has 0 aromatic carbocycles. The van der Waals surface area contributed by atoms with Gasteiger partial charge in [0.2, 0.25) is 0 Å². The van der Waals surface area contributed by atoms with Crippen molar-refractivity contribution in [1.29, 1.82) is 5.41 Å². The van der Waals surface area contributed by atoms with Crippen molar-refractivity contribution in [2.75, 3.05) is 14.2 Å². The highest BCUT2D eigenvalue weighted by atomic mass is 16.6. The Kier molecular flexibility index (Phi) is 6.42. The van der Waals surface area contributed by atoms with Crippen molar-refractivity contribution in [1.82, 2.24) is 0 Å². The molecule has 0 saturated carbocycles. The molecule has 0 radical (unpaired) electrons. The van der Waals surface area contributed by atoms with E-state index < -0.39 is 17.5 Å². The van der Waals surface area contributed by atoms with Gasteiger partial charge in [-0.25, -0.2) is 9.59 Å². The van der Waals surface area contributed by atoms with Crippen LogP contribution < -0.4 is 0 Å². The number of aliphatic hydroxyl groups is 1. The maximum Gasteiger partial charge on any atom is 0.349 e. The summed E-state index contributed by atoms with van der Waals surface area (Å²) < 4.78 is 8.78. The summed E-state index contributed by atoms with van der Waals surface area (Å²) in [5.74, 6) is -2.16. The van der Waals surface area contributed by atoms with Crippen LogP contribution in [0.2, 0.25) is 0 Å². The molecule has 6 nitrogen and oxygen atoms in total. The van der Waals surface area contributed by atoms with Gasteiger partial charge in [0.05, 0.1) is 14.2 Å². The summed E-state index contributed by atoms with van der Waals surface area (Å²) in [4.78, 5) is 22.8. The zero-order chi connectivity index (χ0) is 13.5. The molecule has 0 spiro atoms. The zero-order valence-electron chi connectivity index (χ0n) is 10.4. The van der Waals surface area contributed by atoms with Crippen LogP contribution in [0.1, 0.15) is 26.2 Å². The molecule has 6 heteroatoms. The van der Waals surface area contributed by atoms with E-state index in [9.17, 15) is 14.7 Å². The number of hydrogen-bond acceptors (Lipinski definition) is 6. The standard InChI is InChI=1S/C11H19NO5/c1-4-8(7-12)5-6-11(15,9(13)16-2)10(14)17-3/h7-8,12,15H,4-6H2,1-3H3/t8-/m0/s1. The molecule has 0 saturated heterocycles. The zero-order valence-corrected chi connectivity index (χ0v) is 10.4. The first-order valence-electron chi connectivity index (χ1n) is 5.36. The molecular weight excluding hydrogens is 226 g/mol. The molecule has 1 atom stereocenters. The SMILES string of the molecule is CC[C@H](C=N)CCC(O)(C(=O)OC)C(=O)OC. The number of carbonyl (C=O) groups excluding carboxylic acids is 2. The molecular formula is C11H19NO5. The third kappa shape index (κ3) is 3.81. The van der Waals surface area contributed by atoms with Crippen molar-refractivity contribution in [2.45, 2.75) is 31.8 Å². The summed E-state index contributed by atoms with van der Waals surface area (Å²) in [5, 5.41) is 17.1. The Balaban J connectivity index is 4.77. The van der Waals surface area contributed by atoms with Gasteiger partial charge in [0.25, 0.3) is 5.60 Å². The summed E-state index contributed by atoms with van der Waals surface area (Å²) in [7, 11) is 2.17. The van der Waals surface area contributed by atoms with E-state index in [1.807, 2.05) is 6.92 Å². The number of nitrogens with one attached hydrogen (secondary N) is 1. The second-order valence-corrected chi connectivity index (χ2v) is 3.72. The third-order valence-electron chi connectivity index (χ3n) is 2.68. The molecule has 0 aliphatic heterocycles. The quantitative estimate of drug-likeness (QED) is 0.387. The summed E-state index contributed by atoms with van der Waals surface area (Å²) >= 11 is 0. The maximum atomic E-state index is 11.4. The molecule has 17 heavy (non-hydrogen) atoms. The van der Waals surface area contributed by atoms with Crippen LogP contribution in [0.4, 0.5) is 0 Å². The van der Waals surface area contributed by atoms with Gasteiger partial charge in [-0.1, -0.05) is 6.92 Å². The lowest BCUT2D eigenvalue weighted by Gasteiger charge is -2.23. The fourth-order valence-corrected chi connectivity index (χ4v) is 1.42. The van der Waals surface area contributed by atoms with Gasteiger partial charge < -0.3 is 20.0 Å². The molecule has 0 bridgehead atoms. The lowest BCUT2D eigenvalue weighted by molar-refractivity contribution is -0.181. The number of rotatable bonds is 7. The Hall–Kier alpha value is -1.43. The van der Waals surface area contributed by atoms with Crippen molar-refractivity contribution < 1.29 is 24.2 Å². The Morgan fingerprint density at radius 1 is 1.35 bits per heavy atom. The average Bonchev–Trinajstić information content (AvgIpc) is 2.37. The van der Waals surface area contributed by atoms with Crippen molar-refractivity contribution in [3.8, 4) is 0 Å². The first kappa shape index (κ1) is 15.6. The molecule has 0 aromatic rings. The van der Waals surface area contributed by atoms with Crippen LogP contribution in [0.5, 0.6) is 0 Å². The van der Waals surface area contributed by atoms with Gasteiger partial charge in [-0.3, -0.25) is 0 Å². The smallest absolute Gasteiger partial charge is 0.349 e. The molecule has 0 rings (SSSR count). The molecule has 98 valence electrons. The van der Waals surface area contributed by atoms with Gasteiger partial charge >= 0.3 is 11.9 Å². The van der Waals surface area contributed by atoms with Gasteiger partial charge in [0.15, 0.2) is 0 Å². The summed E-state index contributed by atoms with van der Waals surface area (Å²) in [6, 6.07) is 0. The topological polar surface area (TPSA) is 96.7 Å². The van der Waals surface area contributed by atoms with E-state index in [-0.39, 0.29) is 12.3 Å². The highest BCUT2D eigenvalue weighted by Gasteiger charge is 2.46. The van der Waals surface area contributed by atoms with E-state index in [1.165, 1.54) is 6.21 Å². The van der Waals surface area contributed by atoms with Crippen molar-refractivity contribution in [3.63, 3.8) is 0 Å². The van der Waals surface area contributed by atoms with Gasteiger partial charge in [0, 0.05) is 0 Å². The fourth-order valence-electron chi connectivity index (χ4n) is 1.42. The first-order valence-corrected chi connectivity index (χ1v) is 5.36. The van der Waals surface area contributed by atoms with Gasteiger partial charge in [-0.05, 0) is 31.4 Å². The van der Waals surface area contributed by atoms with E-state index in [0.29, 0.717) is 12.8 Å². The minimum absolute atomic E-state index is 0.0872. The largest absolute Gasteiger partial charge is 0.466 e. The highest BCUT2D eigenvalue weighted by molar-refractivity contribution is 6.03. The normalized spacial score (nSPS) is 12.7. The van der Waals surface area contributed by atoms with Crippen LogP contribution in [-0.2, 0) is 19.1 Å². The monoisotopic (exact) mass is 245 g/mol. The van der Waals surface area contributed by atoms with Crippen LogP contribution >= 0.6 is 0 Å². The summed E-state index contributed by atoms with van der Waals surface area (Å²) in [6.07, 6.45) is 2.14. The van der Waals surface area contributed by atoms with E-state index in [2.05, 4.69) is 9.47 Å². The Morgan fingerprint density at radius 2 is 1.82 bits per heavy atom. The van der Waals surface area contributed by atoms with E-state index in [1.54, 1.807) is 0 Å². The fraction of sp³-hybridized carbons (Fsp3) is 0.727. The van der Waals surface area contributed by atoms with Crippen LogP contribution in [0, 0.1) is 11.3 Å². The Labute approximate surface area is 100 Å². The molecule has 0 aliphatic carbocycles. The lowest BCUT2D eigenvalue weighted by atomic mass is 9.91. The number of methoxy groups -OCH3 is 2. The van der Waals surface area contributed by atoms with Crippen molar-refractivity contribution in [2.24, 2.45) is 5.92 Å². The predicted molar refractivity (Wildman–Crippen MR) is 60.8 cm³/mol. The van der Waals surface area contributed by atoms with Crippen LogP contribution in [-0.4, -0.2) is 43.1 Å². The first-order chi connectivity index (χ1) is 7.96. The Bertz CT molecular complexity index is 274. The van der Waals surface area contributed by atoms with Crippen molar-refractivity contribution >= 4 is 18.2 Å².